The normalized spacial score (nSPS) is 14.9. The second kappa shape index (κ2) is 12.4. The fourth-order valence-electron chi connectivity index (χ4n) is 4.86. The van der Waals surface area contributed by atoms with Gasteiger partial charge in [0.15, 0.2) is 0 Å². The molecule has 0 spiro atoms. The number of aromatic nitrogens is 1. The van der Waals surface area contributed by atoms with E-state index >= 15 is 0 Å². The third-order valence-electron chi connectivity index (χ3n) is 6.73. The molecule has 3 aromatic rings. The van der Waals surface area contributed by atoms with Gasteiger partial charge in [-0.25, -0.2) is 0 Å². The van der Waals surface area contributed by atoms with Gasteiger partial charge in [-0.3, -0.25) is 0 Å². The number of pyridine rings is 1. The van der Waals surface area contributed by atoms with Crippen molar-refractivity contribution in [3.63, 3.8) is 0 Å². The van der Waals surface area contributed by atoms with Crippen LogP contribution in [-0.4, -0.2) is 6.54 Å². The second-order valence-corrected chi connectivity index (χ2v) is 9.24. The summed E-state index contributed by atoms with van der Waals surface area (Å²) in [6.45, 7) is 8.76. The van der Waals surface area contributed by atoms with E-state index in [4.69, 9.17) is 0 Å². The van der Waals surface area contributed by atoms with Gasteiger partial charge in [0.25, 0.3) is 0 Å². The molecular weight excluding hydrogens is 424 g/mol. The van der Waals surface area contributed by atoms with Crippen molar-refractivity contribution in [2.45, 2.75) is 59.4 Å². The summed E-state index contributed by atoms with van der Waals surface area (Å²) >= 11 is 0. The average molecular weight is 464 g/mol. The first-order valence-electron chi connectivity index (χ1n) is 13.3. The number of anilines is 1. The number of para-hydroxylation sites is 2. The molecule has 1 aromatic heterocycles. The molecule has 35 heavy (non-hydrogen) atoms. The molecule has 0 saturated heterocycles. The molecule has 4 rings (SSSR count). The van der Waals surface area contributed by atoms with Crippen LogP contribution in [0.25, 0.3) is 22.6 Å². The maximum Gasteiger partial charge on any atom is 0.212 e. The van der Waals surface area contributed by atoms with Gasteiger partial charge < -0.3 is 4.90 Å². The van der Waals surface area contributed by atoms with Crippen LogP contribution in [0.4, 0.5) is 5.69 Å². The lowest BCUT2D eigenvalue weighted by atomic mass is 9.98. The lowest BCUT2D eigenvalue weighted by Crippen LogP contribution is -2.36. The summed E-state index contributed by atoms with van der Waals surface area (Å²) in [6.07, 6.45) is 19.6. The predicted octanol–water partition coefficient (Wildman–Crippen LogP) is 8.49. The molecule has 0 amide bonds. The van der Waals surface area contributed by atoms with E-state index in [-0.39, 0.29) is 0 Å². The predicted molar refractivity (Wildman–Crippen MR) is 152 cm³/mol. The van der Waals surface area contributed by atoms with Gasteiger partial charge in [0, 0.05) is 47.6 Å². The number of unbranched alkanes of at least 4 members (excludes halogenated alkanes) is 2. The minimum Gasteiger partial charge on any atom is -0.347 e. The van der Waals surface area contributed by atoms with E-state index in [1.165, 1.54) is 58.3 Å². The zero-order valence-corrected chi connectivity index (χ0v) is 21.6. The van der Waals surface area contributed by atoms with Crippen LogP contribution >= 0.6 is 0 Å². The molecule has 0 unspecified atom stereocenters. The molecule has 0 bridgehead atoms. The van der Waals surface area contributed by atoms with Gasteiger partial charge in [-0.2, -0.15) is 4.57 Å². The Morgan fingerprint density at radius 3 is 2.54 bits per heavy atom. The first-order chi connectivity index (χ1) is 17.2. The van der Waals surface area contributed by atoms with Crippen LogP contribution in [0.5, 0.6) is 0 Å². The lowest BCUT2D eigenvalue weighted by molar-refractivity contribution is -0.669. The van der Waals surface area contributed by atoms with Gasteiger partial charge in [0.2, 0.25) is 11.2 Å². The smallest absolute Gasteiger partial charge is 0.212 e. The second-order valence-electron chi connectivity index (χ2n) is 9.24. The summed E-state index contributed by atoms with van der Waals surface area (Å²) in [5.41, 5.74) is 7.80. The maximum atomic E-state index is 2.40. The Morgan fingerprint density at radius 1 is 0.886 bits per heavy atom. The number of hydrogen-bond acceptors (Lipinski definition) is 1. The zero-order chi connectivity index (χ0) is 24.5. The highest BCUT2D eigenvalue weighted by atomic mass is 15.1. The summed E-state index contributed by atoms with van der Waals surface area (Å²) in [7, 11) is 0. The van der Waals surface area contributed by atoms with Crippen LogP contribution in [0.1, 0.15) is 64.1 Å². The standard InChI is InChI=1S/C33H39N2/c1-4-7-12-25-34-26-24-28(31-15-9-11-17-33(31)34)20-18-27(13-5-2)19-22-30-23-21-29-14-8-10-16-32(29)35(30)6-3/h8-11,14-24,26H,4-7,12-13,25H2,1-3H3/q+1. The molecule has 0 aliphatic carbocycles. The Morgan fingerprint density at radius 2 is 1.71 bits per heavy atom. The van der Waals surface area contributed by atoms with Crippen LogP contribution < -0.4 is 9.47 Å². The largest absolute Gasteiger partial charge is 0.347 e. The number of fused-ring (bicyclic) bond motifs is 2. The van der Waals surface area contributed by atoms with E-state index in [0.717, 1.165) is 25.9 Å². The first-order valence-corrected chi connectivity index (χ1v) is 13.3. The van der Waals surface area contributed by atoms with E-state index in [0.29, 0.717) is 0 Å². The summed E-state index contributed by atoms with van der Waals surface area (Å²) in [5.74, 6) is 0. The van der Waals surface area contributed by atoms with Crippen molar-refractivity contribution in [2.24, 2.45) is 0 Å². The Bertz CT molecular complexity index is 1260. The van der Waals surface area contributed by atoms with Crippen LogP contribution in [0.2, 0.25) is 0 Å². The van der Waals surface area contributed by atoms with Crippen LogP contribution in [0, 0.1) is 0 Å². The SMILES string of the molecule is CCCCCN1C=C\C(=C/C=C(/C=C/c2ccc3ccccc3[n+]2CC)CCC)c2ccccc21. The van der Waals surface area contributed by atoms with Crippen LogP contribution in [-0.2, 0) is 6.54 Å². The third-order valence-corrected chi connectivity index (χ3v) is 6.73. The number of hydrogen-bond donors (Lipinski definition) is 0. The Labute approximate surface area is 211 Å². The molecule has 0 fully saturated rings. The van der Waals surface area contributed by atoms with E-state index in [1.807, 2.05) is 0 Å². The fourth-order valence-corrected chi connectivity index (χ4v) is 4.86. The molecule has 2 nitrogen and oxygen atoms in total. The van der Waals surface area contributed by atoms with Crippen molar-refractivity contribution in [1.82, 2.24) is 0 Å². The van der Waals surface area contributed by atoms with Crippen molar-refractivity contribution in [2.75, 3.05) is 11.4 Å². The summed E-state index contributed by atoms with van der Waals surface area (Å²) < 4.78 is 2.39. The van der Waals surface area contributed by atoms with Crippen LogP contribution in [0.15, 0.2) is 96.7 Å². The van der Waals surface area contributed by atoms with E-state index < -0.39 is 0 Å². The summed E-state index contributed by atoms with van der Waals surface area (Å²) in [4.78, 5) is 2.40. The van der Waals surface area contributed by atoms with Gasteiger partial charge in [-0.15, -0.1) is 0 Å². The van der Waals surface area contributed by atoms with Crippen molar-refractivity contribution in [3.05, 3.63) is 108 Å². The zero-order valence-electron chi connectivity index (χ0n) is 21.6. The highest BCUT2D eigenvalue weighted by Crippen LogP contribution is 2.33. The summed E-state index contributed by atoms with van der Waals surface area (Å²) in [5, 5.41) is 1.28. The van der Waals surface area contributed by atoms with Gasteiger partial charge in [-0.05, 0) is 55.2 Å². The highest BCUT2D eigenvalue weighted by Gasteiger charge is 2.15. The molecule has 2 heteroatoms. The van der Waals surface area contributed by atoms with Crippen molar-refractivity contribution in [1.29, 1.82) is 0 Å². The van der Waals surface area contributed by atoms with Crippen molar-refractivity contribution >= 4 is 28.2 Å². The molecular formula is C33H39N2+. The average Bonchev–Trinajstić information content (AvgIpc) is 2.90. The lowest BCUT2D eigenvalue weighted by Gasteiger charge is -2.27. The molecule has 1 aliphatic heterocycles. The van der Waals surface area contributed by atoms with Gasteiger partial charge in [-0.1, -0.05) is 81.7 Å². The number of rotatable bonds is 10. The number of nitrogens with zero attached hydrogens (tertiary/aromatic N) is 2. The number of benzene rings is 2. The van der Waals surface area contributed by atoms with Crippen LogP contribution in [0.3, 0.4) is 0 Å². The molecule has 0 saturated carbocycles. The van der Waals surface area contributed by atoms with Crippen molar-refractivity contribution in [3.8, 4) is 0 Å². The minimum absolute atomic E-state index is 0.953. The minimum atomic E-state index is 0.953. The molecule has 180 valence electrons. The van der Waals surface area contributed by atoms with E-state index in [1.54, 1.807) is 0 Å². The number of aryl methyl sites for hydroxylation is 1. The monoisotopic (exact) mass is 463 g/mol. The molecule has 2 aromatic carbocycles. The fraction of sp³-hybridized carbons (Fsp3) is 0.303. The third kappa shape index (κ3) is 6.00. The topological polar surface area (TPSA) is 7.12 Å². The molecule has 1 aliphatic rings. The molecule has 2 heterocycles. The maximum absolute atomic E-state index is 2.40. The Balaban J connectivity index is 1.61. The van der Waals surface area contributed by atoms with E-state index in [2.05, 4.69) is 127 Å². The van der Waals surface area contributed by atoms with Crippen molar-refractivity contribution < 1.29 is 4.57 Å². The van der Waals surface area contributed by atoms with E-state index in [9.17, 15) is 0 Å². The highest BCUT2D eigenvalue weighted by molar-refractivity contribution is 5.87. The Kier molecular flexibility index (Phi) is 8.73. The Hall–Kier alpha value is -3.39. The number of allylic oxidation sites excluding steroid dienone is 6. The van der Waals surface area contributed by atoms with Gasteiger partial charge in [0.05, 0.1) is 0 Å². The molecule has 0 N–H and O–H groups in total. The van der Waals surface area contributed by atoms with Gasteiger partial charge >= 0.3 is 0 Å². The summed E-state index contributed by atoms with van der Waals surface area (Å²) in [6, 6.07) is 21.9. The van der Waals surface area contributed by atoms with Gasteiger partial charge in [0.1, 0.15) is 6.54 Å². The quantitative estimate of drug-likeness (QED) is 0.166. The first kappa shape index (κ1) is 24.7. The molecule has 0 radical (unpaired) electrons. The molecule has 0 atom stereocenters.